The SMILES string of the molecule is C[Si](C)(C)C(=C=CF)CO. The highest BCUT2D eigenvalue weighted by Gasteiger charge is 2.17. The Morgan fingerprint density at radius 2 is 2.10 bits per heavy atom. The number of halogens is 1. The van der Waals surface area contributed by atoms with Crippen LogP contribution in [0, 0.1) is 0 Å². The molecule has 0 aromatic heterocycles. The summed E-state index contributed by atoms with van der Waals surface area (Å²) >= 11 is 0. The van der Waals surface area contributed by atoms with Crippen molar-refractivity contribution in [3.05, 3.63) is 17.3 Å². The van der Waals surface area contributed by atoms with Crippen LogP contribution in [0.4, 0.5) is 4.39 Å². The molecule has 0 aliphatic rings. The number of rotatable bonds is 2. The van der Waals surface area contributed by atoms with Crippen molar-refractivity contribution in [2.75, 3.05) is 6.61 Å². The Labute approximate surface area is 61.9 Å². The van der Waals surface area contributed by atoms with E-state index < -0.39 is 8.07 Å². The quantitative estimate of drug-likeness (QED) is 0.483. The van der Waals surface area contributed by atoms with Gasteiger partial charge in [0.15, 0.2) is 0 Å². The Balaban J connectivity index is 4.54. The molecule has 10 heavy (non-hydrogen) atoms. The predicted octanol–water partition coefficient (Wildman–Crippen LogP) is 1.86. The summed E-state index contributed by atoms with van der Waals surface area (Å²) in [5.74, 6) is 0. The first-order valence-electron chi connectivity index (χ1n) is 3.18. The lowest BCUT2D eigenvalue weighted by Gasteiger charge is -2.15. The van der Waals surface area contributed by atoms with E-state index in [1.54, 1.807) is 0 Å². The van der Waals surface area contributed by atoms with E-state index in [1.807, 2.05) is 19.6 Å². The maximum absolute atomic E-state index is 11.6. The Kier molecular flexibility index (Phi) is 3.57. The lowest BCUT2D eigenvalue weighted by molar-refractivity contribution is 0.337. The topological polar surface area (TPSA) is 20.2 Å². The first-order chi connectivity index (χ1) is 4.52. The van der Waals surface area contributed by atoms with Crippen LogP contribution in [-0.4, -0.2) is 19.8 Å². The number of hydrogen-bond donors (Lipinski definition) is 1. The normalized spacial score (nSPS) is 10.5. The Bertz CT molecular complexity index is 163. The van der Waals surface area contributed by atoms with Gasteiger partial charge in [-0.1, -0.05) is 25.4 Å². The molecule has 0 unspecified atom stereocenters. The molecule has 58 valence electrons. The van der Waals surface area contributed by atoms with Gasteiger partial charge in [0.1, 0.15) is 6.33 Å². The van der Waals surface area contributed by atoms with Crippen LogP contribution in [-0.2, 0) is 0 Å². The van der Waals surface area contributed by atoms with Gasteiger partial charge in [-0.25, -0.2) is 4.39 Å². The zero-order valence-electron chi connectivity index (χ0n) is 6.61. The molecule has 0 spiro atoms. The minimum Gasteiger partial charge on any atom is -0.392 e. The van der Waals surface area contributed by atoms with Gasteiger partial charge in [0.25, 0.3) is 0 Å². The largest absolute Gasteiger partial charge is 0.392 e. The lowest BCUT2D eigenvalue weighted by atomic mass is 10.6. The fourth-order valence-electron chi connectivity index (χ4n) is 0.565. The summed E-state index contributed by atoms with van der Waals surface area (Å²) in [6.45, 7) is 6.04. The van der Waals surface area contributed by atoms with Crippen molar-refractivity contribution in [2.24, 2.45) is 0 Å². The molecule has 0 radical (unpaired) electrons. The predicted molar refractivity (Wildman–Crippen MR) is 43.1 cm³/mol. The van der Waals surface area contributed by atoms with Crippen molar-refractivity contribution >= 4 is 8.07 Å². The van der Waals surface area contributed by atoms with Crippen molar-refractivity contribution in [1.82, 2.24) is 0 Å². The van der Waals surface area contributed by atoms with Crippen LogP contribution in [0.1, 0.15) is 0 Å². The van der Waals surface area contributed by atoms with E-state index in [0.717, 1.165) is 5.20 Å². The second-order valence-electron chi connectivity index (χ2n) is 3.14. The first-order valence-corrected chi connectivity index (χ1v) is 6.68. The van der Waals surface area contributed by atoms with Gasteiger partial charge in [0.05, 0.1) is 14.7 Å². The summed E-state index contributed by atoms with van der Waals surface area (Å²) < 4.78 is 11.6. The Hall–Kier alpha value is -0.373. The monoisotopic (exact) mass is 160 g/mol. The van der Waals surface area contributed by atoms with E-state index in [4.69, 9.17) is 5.11 Å². The van der Waals surface area contributed by atoms with E-state index in [9.17, 15) is 4.39 Å². The summed E-state index contributed by atoms with van der Waals surface area (Å²) in [5.41, 5.74) is 2.41. The van der Waals surface area contributed by atoms with Gasteiger partial charge in [-0.05, 0) is 5.20 Å². The average molecular weight is 160 g/mol. The molecule has 0 rings (SSSR count). The van der Waals surface area contributed by atoms with E-state index >= 15 is 0 Å². The molecule has 0 aliphatic heterocycles. The zero-order chi connectivity index (χ0) is 8.20. The van der Waals surface area contributed by atoms with Gasteiger partial charge >= 0.3 is 0 Å². The molecule has 0 bridgehead atoms. The van der Waals surface area contributed by atoms with Crippen LogP contribution in [0.25, 0.3) is 0 Å². The molecule has 0 saturated carbocycles. The lowest BCUT2D eigenvalue weighted by Crippen LogP contribution is -2.25. The minimum atomic E-state index is -1.52. The molecular weight excluding hydrogens is 147 g/mol. The maximum atomic E-state index is 11.6. The minimum absolute atomic E-state index is 0.0733. The van der Waals surface area contributed by atoms with Gasteiger partial charge in [0.2, 0.25) is 0 Å². The van der Waals surface area contributed by atoms with Crippen LogP contribution in [0.5, 0.6) is 0 Å². The molecule has 0 aromatic rings. The summed E-state index contributed by atoms with van der Waals surface area (Å²) in [6.07, 6.45) is 0.365. The molecule has 3 heteroatoms. The maximum Gasteiger partial charge on any atom is 0.128 e. The van der Waals surface area contributed by atoms with Crippen LogP contribution in [0.2, 0.25) is 19.6 Å². The fourth-order valence-corrected chi connectivity index (χ4v) is 1.53. The van der Waals surface area contributed by atoms with Crippen molar-refractivity contribution < 1.29 is 9.50 Å². The van der Waals surface area contributed by atoms with Crippen LogP contribution >= 0.6 is 0 Å². The number of hydrogen-bond acceptors (Lipinski definition) is 1. The van der Waals surface area contributed by atoms with Crippen LogP contribution < -0.4 is 0 Å². The summed E-state index contributed by atoms with van der Waals surface area (Å²) in [6, 6.07) is 0. The van der Waals surface area contributed by atoms with E-state index in [0.29, 0.717) is 6.33 Å². The second-order valence-corrected chi connectivity index (χ2v) is 8.24. The summed E-state index contributed by atoms with van der Waals surface area (Å²) in [5, 5.41) is 9.46. The standard InChI is InChI=1S/C7H13FOSi/c1-10(2,3)7(6-9)4-5-8/h5,9H,6H2,1-3H3. The van der Waals surface area contributed by atoms with Crippen molar-refractivity contribution in [3.63, 3.8) is 0 Å². The van der Waals surface area contributed by atoms with Gasteiger partial charge in [-0.2, -0.15) is 0 Å². The molecule has 0 saturated heterocycles. The third kappa shape index (κ3) is 2.97. The molecule has 0 heterocycles. The van der Waals surface area contributed by atoms with Gasteiger partial charge in [-0.3, -0.25) is 0 Å². The van der Waals surface area contributed by atoms with Gasteiger partial charge in [-0.15, -0.1) is 0 Å². The van der Waals surface area contributed by atoms with Crippen molar-refractivity contribution in [3.8, 4) is 0 Å². The molecule has 1 nitrogen and oxygen atoms in total. The highest BCUT2D eigenvalue weighted by Crippen LogP contribution is 2.11. The third-order valence-corrected chi connectivity index (χ3v) is 3.41. The van der Waals surface area contributed by atoms with Gasteiger partial charge in [0, 0.05) is 0 Å². The molecule has 0 amide bonds. The number of aliphatic hydroxyl groups excluding tert-OH is 1. The zero-order valence-corrected chi connectivity index (χ0v) is 7.61. The molecule has 0 aliphatic carbocycles. The fraction of sp³-hybridized carbons (Fsp3) is 0.571. The summed E-state index contributed by atoms with van der Waals surface area (Å²) in [7, 11) is -1.52. The first kappa shape index (κ1) is 9.63. The molecule has 0 fully saturated rings. The smallest absolute Gasteiger partial charge is 0.128 e. The Morgan fingerprint density at radius 3 is 2.20 bits per heavy atom. The third-order valence-electron chi connectivity index (χ3n) is 1.29. The Morgan fingerprint density at radius 1 is 1.60 bits per heavy atom. The van der Waals surface area contributed by atoms with Crippen molar-refractivity contribution in [2.45, 2.75) is 19.6 Å². The molecule has 1 N–H and O–H groups in total. The van der Waals surface area contributed by atoms with Crippen LogP contribution in [0.15, 0.2) is 17.3 Å². The van der Waals surface area contributed by atoms with E-state index in [2.05, 4.69) is 5.73 Å². The van der Waals surface area contributed by atoms with Crippen LogP contribution in [0.3, 0.4) is 0 Å². The highest BCUT2D eigenvalue weighted by molar-refractivity contribution is 6.83. The highest BCUT2D eigenvalue weighted by atomic mass is 28.3. The summed E-state index contributed by atoms with van der Waals surface area (Å²) in [4.78, 5) is 0. The van der Waals surface area contributed by atoms with E-state index in [1.165, 1.54) is 0 Å². The molecule has 0 atom stereocenters. The number of aliphatic hydroxyl groups is 1. The van der Waals surface area contributed by atoms with Gasteiger partial charge < -0.3 is 5.11 Å². The second kappa shape index (κ2) is 3.71. The van der Waals surface area contributed by atoms with E-state index in [-0.39, 0.29) is 6.61 Å². The van der Waals surface area contributed by atoms with Crippen molar-refractivity contribution in [1.29, 1.82) is 0 Å². The molecular formula is C7H13FOSi. The molecule has 0 aromatic carbocycles. The average Bonchev–Trinajstić information content (AvgIpc) is 1.80.